The van der Waals surface area contributed by atoms with E-state index in [1.165, 1.54) is 20.5 Å². The third kappa shape index (κ3) is 6.94. The van der Waals surface area contributed by atoms with Crippen molar-refractivity contribution in [2.24, 2.45) is 0 Å². The van der Waals surface area contributed by atoms with Gasteiger partial charge >= 0.3 is 0 Å². The number of H-pyrrole nitrogens is 1. The smallest absolute Gasteiger partial charge is 0.283 e. The second kappa shape index (κ2) is 12.4. The van der Waals surface area contributed by atoms with Gasteiger partial charge in [0, 0.05) is 67.5 Å². The van der Waals surface area contributed by atoms with E-state index < -0.39 is 24.1 Å². The van der Waals surface area contributed by atoms with Gasteiger partial charge < -0.3 is 19.7 Å². The molecule has 10 nitrogen and oxygen atoms in total. The molecular weight excluding hydrogens is 613 g/mol. The number of benzene rings is 1. The molecule has 236 valence electrons. The number of sulfonamides is 1. The predicted octanol–water partition coefficient (Wildman–Crippen LogP) is 3.27. The summed E-state index contributed by atoms with van der Waals surface area (Å²) in [6.07, 6.45) is 2.70. The topological polar surface area (TPSA) is 110 Å². The minimum atomic E-state index is -3.92. The van der Waals surface area contributed by atoms with E-state index in [-0.39, 0.29) is 42.9 Å². The molecule has 0 spiro atoms. The maximum Gasteiger partial charge on any atom is 0.283 e. The molecule has 1 fully saturated rings. The summed E-state index contributed by atoms with van der Waals surface area (Å²) in [7, 11) is 1.98. The Morgan fingerprint density at radius 2 is 1.89 bits per heavy atom. The fraction of sp³-hybridized carbons (Fsp3) is 0.516. The number of thiazole rings is 1. The molecule has 2 unspecified atom stereocenters. The molecule has 0 bridgehead atoms. The fourth-order valence-electron chi connectivity index (χ4n) is 5.61. The van der Waals surface area contributed by atoms with Crippen molar-refractivity contribution in [3.05, 3.63) is 45.4 Å². The lowest BCUT2D eigenvalue weighted by Crippen LogP contribution is -2.57. The van der Waals surface area contributed by atoms with Crippen LogP contribution >= 0.6 is 11.3 Å². The van der Waals surface area contributed by atoms with E-state index in [4.69, 9.17) is 4.98 Å². The number of carbonyl (C=O) groups excluding carboxylic acids is 2. The maximum absolute atomic E-state index is 13.9. The number of likely N-dealkylation sites (N-methyl/N-ethyl adjacent to an activating group) is 1. The number of amides is 2. The molecule has 1 aliphatic heterocycles. The Balaban J connectivity index is 1.39. The summed E-state index contributed by atoms with van der Waals surface area (Å²) < 4.78 is 29.2. The van der Waals surface area contributed by atoms with E-state index in [1.807, 2.05) is 18.2 Å². The van der Waals surface area contributed by atoms with Crippen LogP contribution in [0, 0.1) is 11.5 Å². The first-order valence-corrected chi connectivity index (χ1v) is 20.7. The van der Waals surface area contributed by atoms with Gasteiger partial charge in [0.25, 0.3) is 15.9 Å². The SMILES string of the molecule is CN(C)C(=O)CC1CN(S(=O)(=O)c2cc3cc(C#C[Si](C)(C)C)ccc3[nH]2)CCN1C(=O)c1nc2c(s1)CC(N(C)C)CC2. The summed E-state index contributed by atoms with van der Waals surface area (Å²) in [5, 5.41) is 1.27. The van der Waals surface area contributed by atoms with Gasteiger partial charge in [-0.05, 0) is 57.6 Å². The molecule has 3 heterocycles. The van der Waals surface area contributed by atoms with E-state index >= 15 is 0 Å². The van der Waals surface area contributed by atoms with Crippen LogP contribution in [0.4, 0.5) is 0 Å². The van der Waals surface area contributed by atoms with Crippen LogP contribution in [-0.4, -0.2) is 117 Å². The number of aryl methyl sites for hydroxylation is 1. The zero-order valence-corrected chi connectivity index (χ0v) is 29.2. The zero-order valence-electron chi connectivity index (χ0n) is 26.6. The summed E-state index contributed by atoms with van der Waals surface area (Å²) >= 11 is 1.43. The highest BCUT2D eigenvalue weighted by Crippen LogP contribution is 2.31. The average Bonchev–Trinajstić information content (AvgIpc) is 3.59. The van der Waals surface area contributed by atoms with E-state index in [0.29, 0.717) is 16.6 Å². The number of rotatable bonds is 6. The van der Waals surface area contributed by atoms with Crippen molar-refractivity contribution in [2.75, 3.05) is 47.8 Å². The Hall–Kier alpha value is -3.02. The molecule has 2 aromatic heterocycles. The molecule has 2 amide bonds. The van der Waals surface area contributed by atoms with Gasteiger partial charge in [-0.1, -0.05) is 25.6 Å². The lowest BCUT2D eigenvalue weighted by molar-refractivity contribution is -0.130. The van der Waals surface area contributed by atoms with Crippen LogP contribution in [0.25, 0.3) is 10.9 Å². The Morgan fingerprint density at radius 3 is 2.57 bits per heavy atom. The third-order valence-corrected chi connectivity index (χ3v) is 12.0. The minimum absolute atomic E-state index is 0.0176. The number of hydrogen-bond donors (Lipinski definition) is 1. The molecule has 1 aliphatic carbocycles. The Kier molecular flexibility index (Phi) is 9.13. The molecule has 1 aromatic carbocycles. The van der Waals surface area contributed by atoms with Gasteiger partial charge in [0.15, 0.2) is 5.01 Å². The minimum Gasteiger partial charge on any atom is -0.349 e. The summed E-state index contributed by atoms with van der Waals surface area (Å²) in [5.41, 5.74) is 5.88. The van der Waals surface area contributed by atoms with E-state index in [2.05, 4.69) is 55.1 Å². The second-order valence-corrected chi connectivity index (χ2v) is 20.9. The van der Waals surface area contributed by atoms with Crippen molar-refractivity contribution in [1.29, 1.82) is 0 Å². The normalized spacial score (nSPS) is 19.5. The van der Waals surface area contributed by atoms with Gasteiger partial charge in [0.1, 0.15) is 13.1 Å². The van der Waals surface area contributed by atoms with E-state index in [1.54, 1.807) is 25.1 Å². The van der Waals surface area contributed by atoms with Crippen LogP contribution in [-0.2, 0) is 27.7 Å². The first-order valence-electron chi connectivity index (χ1n) is 14.9. The van der Waals surface area contributed by atoms with Gasteiger partial charge in [0.05, 0.1) is 11.7 Å². The first-order chi connectivity index (χ1) is 20.6. The summed E-state index contributed by atoms with van der Waals surface area (Å²) in [4.78, 5) is 40.9. The molecule has 2 atom stereocenters. The zero-order chi connectivity index (χ0) is 32.0. The van der Waals surface area contributed by atoms with E-state index in [9.17, 15) is 18.0 Å². The summed E-state index contributed by atoms with van der Waals surface area (Å²) in [5.74, 6) is 2.82. The molecule has 0 saturated carbocycles. The highest BCUT2D eigenvalue weighted by atomic mass is 32.2. The van der Waals surface area contributed by atoms with Gasteiger partial charge in [-0.25, -0.2) is 13.4 Å². The number of nitrogens with one attached hydrogen (secondary N) is 1. The Morgan fingerprint density at radius 1 is 1.14 bits per heavy atom. The largest absolute Gasteiger partial charge is 0.349 e. The number of aromatic amines is 1. The Labute approximate surface area is 265 Å². The number of fused-ring (bicyclic) bond motifs is 2. The molecule has 0 radical (unpaired) electrons. The molecule has 1 N–H and O–H groups in total. The van der Waals surface area contributed by atoms with Crippen molar-refractivity contribution < 1.29 is 18.0 Å². The van der Waals surface area contributed by atoms with Gasteiger partial charge in [-0.2, -0.15) is 4.31 Å². The molecular formula is C31H42N6O4S2Si. The quantitative estimate of drug-likeness (QED) is 0.323. The van der Waals surface area contributed by atoms with Gasteiger partial charge in [0.2, 0.25) is 5.91 Å². The van der Waals surface area contributed by atoms with Crippen molar-refractivity contribution in [2.45, 2.75) is 62.4 Å². The van der Waals surface area contributed by atoms with Crippen molar-refractivity contribution >= 4 is 52.2 Å². The number of hydrogen-bond acceptors (Lipinski definition) is 7. The van der Waals surface area contributed by atoms with Crippen LogP contribution in [0.15, 0.2) is 29.3 Å². The predicted molar refractivity (Wildman–Crippen MR) is 177 cm³/mol. The Bertz CT molecular complexity index is 1750. The first kappa shape index (κ1) is 32.4. The van der Waals surface area contributed by atoms with Crippen molar-refractivity contribution in [1.82, 2.24) is 29.0 Å². The van der Waals surface area contributed by atoms with Gasteiger partial charge in [-0.3, -0.25) is 9.59 Å². The van der Waals surface area contributed by atoms with Crippen LogP contribution < -0.4 is 0 Å². The summed E-state index contributed by atoms with van der Waals surface area (Å²) in [6, 6.07) is 7.09. The van der Waals surface area contributed by atoms with Crippen LogP contribution in [0.3, 0.4) is 0 Å². The number of aromatic nitrogens is 2. The molecule has 5 rings (SSSR count). The molecule has 3 aromatic rings. The van der Waals surface area contributed by atoms with Crippen LogP contribution in [0.1, 0.15) is 38.8 Å². The monoisotopic (exact) mass is 654 g/mol. The van der Waals surface area contributed by atoms with E-state index in [0.717, 1.165) is 40.8 Å². The maximum atomic E-state index is 13.9. The summed E-state index contributed by atoms with van der Waals surface area (Å²) in [6.45, 7) is 6.84. The lowest BCUT2D eigenvalue weighted by Gasteiger charge is -2.40. The average molecular weight is 655 g/mol. The highest BCUT2D eigenvalue weighted by Gasteiger charge is 2.39. The lowest BCUT2D eigenvalue weighted by atomic mass is 9.97. The van der Waals surface area contributed by atoms with Crippen LogP contribution in [0.2, 0.25) is 19.6 Å². The standard InChI is InChI=1S/C31H42N6O4S2Si/c1-34(2)23-9-11-26-27(18-23)42-30(33-26)31(39)37-14-13-36(20-24(37)19-29(38)35(3)4)43(40,41)28-17-22-16-21(8-10-25(22)32-28)12-15-44(5,6)7/h8,10,16-17,23-24,32H,9,11,13-14,18-20H2,1-7H3. The number of piperazine rings is 1. The fourth-order valence-corrected chi connectivity index (χ4v) is 8.74. The molecule has 1 saturated heterocycles. The third-order valence-electron chi connectivity index (χ3n) is 8.24. The van der Waals surface area contributed by atoms with Gasteiger partial charge in [-0.15, -0.1) is 16.9 Å². The van der Waals surface area contributed by atoms with Crippen molar-refractivity contribution in [3.8, 4) is 11.5 Å². The highest BCUT2D eigenvalue weighted by molar-refractivity contribution is 7.89. The van der Waals surface area contributed by atoms with Crippen molar-refractivity contribution in [3.63, 3.8) is 0 Å². The number of carbonyl (C=O) groups is 2. The molecule has 2 aliphatic rings. The molecule has 44 heavy (non-hydrogen) atoms. The molecule has 13 heteroatoms. The number of nitrogens with zero attached hydrogens (tertiary/aromatic N) is 5. The second-order valence-electron chi connectivity index (χ2n) is 13.2. The van der Waals surface area contributed by atoms with Crippen LogP contribution in [0.5, 0.6) is 0 Å².